The molecule has 0 spiro atoms. The van der Waals surface area contributed by atoms with Crippen molar-refractivity contribution in [3.8, 4) is 0 Å². The van der Waals surface area contributed by atoms with Crippen molar-refractivity contribution in [3.63, 3.8) is 0 Å². The average Bonchev–Trinajstić information content (AvgIpc) is 2.01. The van der Waals surface area contributed by atoms with E-state index < -0.39 is 8.32 Å². The Balaban J connectivity index is 0. The van der Waals surface area contributed by atoms with Crippen molar-refractivity contribution in [2.24, 2.45) is 0 Å². The van der Waals surface area contributed by atoms with Gasteiger partial charge in [-0.05, 0) is 33.0 Å². The van der Waals surface area contributed by atoms with E-state index in [9.17, 15) is 4.79 Å². The summed E-state index contributed by atoms with van der Waals surface area (Å²) in [6.45, 7) is 11.3. The van der Waals surface area contributed by atoms with Gasteiger partial charge in [0.05, 0.1) is 6.61 Å². The summed E-state index contributed by atoms with van der Waals surface area (Å²) in [5.41, 5.74) is 0.480. The normalized spacial score (nSPS) is 10.2. The first-order valence-electron chi connectivity index (χ1n) is 5.23. The number of carbonyl (C=O) groups is 1. The van der Waals surface area contributed by atoms with E-state index in [1.807, 2.05) is 19.6 Å². The highest BCUT2D eigenvalue weighted by Gasteiger charge is 2.03. The maximum Gasteiger partial charge on any atom is 0.333 e. The molecule has 0 fully saturated rings. The van der Waals surface area contributed by atoms with Crippen LogP contribution in [0.2, 0.25) is 25.7 Å². The topological polar surface area (TPSA) is 46.5 Å². The van der Waals surface area contributed by atoms with Gasteiger partial charge >= 0.3 is 5.97 Å². The summed E-state index contributed by atoms with van der Waals surface area (Å²) in [6, 6.07) is 1.18. The summed E-state index contributed by atoms with van der Waals surface area (Å²) in [4.78, 5) is 19.4. The largest absolute Gasteiger partial charge is 0.462 e. The lowest BCUT2D eigenvalue weighted by molar-refractivity contribution is -0.138. The summed E-state index contributed by atoms with van der Waals surface area (Å²) in [6.07, 6.45) is 0.991. The molecule has 0 saturated heterocycles. The van der Waals surface area contributed by atoms with Gasteiger partial charge in [-0.2, -0.15) is 0 Å². The van der Waals surface area contributed by atoms with E-state index >= 15 is 0 Å². The SMILES string of the molecule is C=C(C)C(=O)OCCC[SiH3].C[Si](C)(C)O. The molecular weight excluding hydrogens is 224 g/mol. The third-order valence-electron chi connectivity index (χ3n) is 1.08. The Morgan fingerprint density at radius 3 is 2.13 bits per heavy atom. The predicted octanol–water partition coefficient (Wildman–Crippen LogP) is 1.09. The van der Waals surface area contributed by atoms with Crippen LogP contribution in [0.5, 0.6) is 0 Å². The van der Waals surface area contributed by atoms with E-state index in [2.05, 4.69) is 6.58 Å². The average molecular weight is 248 g/mol. The fourth-order valence-corrected chi connectivity index (χ4v) is 0.721. The van der Waals surface area contributed by atoms with Crippen LogP contribution < -0.4 is 0 Å². The molecule has 0 aliphatic carbocycles. The maximum absolute atomic E-state index is 10.7. The van der Waals surface area contributed by atoms with Crippen LogP contribution in [-0.4, -0.2) is 35.9 Å². The summed E-state index contributed by atoms with van der Waals surface area (Å²) >= 11 is 0. The monoisotopic (exact) mass is 248 g/mol. The lowest BCUT2D eigenvalue weighted by atomic mass is 10.4. The van der Waals surface area contributed by atoms with Crippen LogP contribution in [0.15, 0.2) is 12.2 Å². The van der Waals surface area contributed by atoms with Gasteiger partial charge in [0, 0.05) is 15.8 Å². The summed E-state index contributed by atoms with van der Waals surface area (Å²) in [5, 5.41) is 0. The van der Waals surface area contributed by atoms with E-state index in [1.54, 1.807) is 6.92 Å². The van der Waals surface area contributed by atoms with Crippen LogP contribution in [0, 0.1) is 0 Å². The molecule has 0 bridgehead atoms. The van der Waals surface area contributed by atoms with E-state index in [4.69, 9.17) is 9.53 Å². The Morgan fingerprint density at radius 1 is 1.47 bits per heavy atom. The van der Waals surface area contributed by atoms with Crippen molar-refractivity contribution >= 4 is 24.5 Å². The Kier molecular flexibility index (Phi) is 10.1. The molecule has 0 radical (unpaired) electrons. The second-order valence-corrected chi connectivity index (χ2v) is 9.78. The predicted molar refractivity (Wildman–Crippen MR) is 70.7 cm³/mol. The smallest absolute Gasteiger partial charge is 0.333 e. The minimum absolute atomic E-state index is 0.268. The first kappa shape index (κ1) is 17.0. The maximum atomic E-state index is 10.7. The van der Waals surface area contributed by atoms with Gasteiger partial charge < -0.3 is 9.53 Å². The van der Waals surface area contributed by atoms with Gasteiger partial charge in [0.15, 0.2) is 8.32 Å². The first-order valence-corrected chi connectivity index (χ1v) is 10.1. The molecule has 0 saturated carbocycles. The molecule has 0 heterocycles. The van der Waals surface area contributed by atoms with Crippen molar-refractivity contribution in [1.29, 1.82) is 0 Å². The second-order valence-electron chi connectivity index (χ2n) is 4.44. The van der Waals surface area contributed by atoms with Crippen LogP contribution in [0.25, 0.3) is 0 Å². The summed E-state index contributed by atoms with van der Waals surface area (Å²) in [7, 11) is -0.429. The van der Waals surface area contributed by atoms with Crippen LogP contribution >= 0.6 is 0 Å². The number of ether oxygens (including phenoxy) is 1. The van der Waals surface area contributed by atoms with Gasteiger partial charge in [-0.1, -0.05) is 12.6 Å². The molecule has 0 rings (SSSR count). The standard InChI is InChI=1S/C7H14O2Si.C3H10OSi/c1-6(2)7(8)9-4-3-5-10;1-5(2,3)4/h1,3-5H2,2,10H3;4H,1-3H3. The second kappa shape index (κ2) is 8.88. The summed E-state index contributed by atoms with van der Waals surface area (Å²) in [5.74, 6) is -0.268. The van der Waals surface area contributed by atoms with Crippen LogP contribution in [-0.2, 0) is 9.53 Å². The highest BCUT2D eigenvalue weighted by atomic mass is 28.4. The molecular formula is C10H24O3Si2. The molecule has 0 aromatic rings. The molecule has 0 aliphatic heterocycles. The molecule has 5 heteroatoms. The Labute approximate surface area is 97.1 Å². The van der Waals surface area contributed by atoms with Crippen LogP contribution in [0.3, 0.4) is 0 Å². The molecule has 0 atom stereocenters. The Morgan fingerprint density at radius 2 is 1.87 bits per heavy atom. The van der Waals surface area contributed by atoms with Crippen molar-refractivity contribution in [3.05, 3.63) is 12.2 Å². The van der Waals surface area contributed by atoms with Crippen molar-refractivity contribution < 1.29 is 14.3 Å². The van der Waals surface area contributed by atoms with Crippen molar-refractivity contribution in [2.45, 2.75) is 39.0 Å². The zero-order valence-corrected chi connectivity index (χ0v) is 13.6. The number of esters is 1. The molecule has 0 amide bonds. The van der Waals surface area contributed by atoms with Gasteiger partial charge in [0.1, 0.15) is 0 Å². The van der Waals surface area contributed by atoms with Gasteiger partial charge in [-0.15, -0.1) is 0 Å². The fourth-order valence-electron chi connectivity index (χ4n) is 0.432. The van der Waals surface area contributed by atoms with E-state index in [0.29, 0.717) is 12.2 Å². The zero-order valence-electron chi connectivity index (χ0n) is 10.6. The van der Waals surface area contributed by atoms with Crippen LogP contribution in [0.4, 0.5) is 0 Å². The van der Waals surface area contributed by atoms with E-state index in [0.717, 1.165) is 6.42 Å². The third-order valence-corrected chi connectivity index (χ3v) is 1.79. The number of rotatable bonds is 4. The van der Waals surface area contributed by atoms with Gasteiger partial charge in [-0.3, -0.25) is 0 Å². The number of hydrogen-bond donors (Lipinski definition) is 1. The molecule has 0 unspecified atom stereocenters. The minimum atomic E-state index is -1.61. The number of carbonyl (C=O) groups excluding carboxylic acids is 1. The highest BCUT2D eigenvalue weighted by Crippen LogP contribution is 1.94. The number of hydrogen-bond acceptors (Lipinski definition) is 3. The Hall–Kier alpha value is -0.396. The summed E-state index contributed by atoms with van der Waals surface area (Å²) < 4.78 is 4.83. The molecule has 3 nitrogen and oxygen atoms in total. The van der Waals surface area contributed by atoms with Gasteiger partial charge in [0.2, 0.25) is 0 Å². The first-order chi connectivity index (χ1) is 6.68. The lowest BCUT2D eigenvalue weighted by Crippen LogP contribution is -2.17. The third kappa shape index (κ3) is 24.7. The molecule has 1 N–H and O–H groups in total. The van der Waals surface area contributed by atoms with Crippen LogP contribution in [0.1, 0.15) is 13.3 Å². The fraction of sp³-hybridized carbons (Fsp3) is 0.700. The minimum Gasteiger partial charge on any atom is -0.462 e. The van der Waals surface area contributed by atoms with Gasteiger partial charge in [-0.25, -0.2) is 4.79 Å². The van der Waals surface area contributed by atoms with Crippen molar-refractivity contribution in [2.75, 3.05) is 6.61 Å². The lowest BCUT2D eigenvalue weighted by Gasteiger charge is -2.01. The molecule has 15 heavy (non-hydrogen) atoms. The highest BCUT2D eigenvalue weighted by molar-refractivity contribution is 6.68. The molecule has 0 aromatic carbocycles. The zero-order chi connectivity index (χ0) is 12.5. The molecule has 0 aliphatic rings. The Bertz CT molecular complexity index is 191. The van der Waals surface area contributed by atoms with Gasteiger partial charge in [0.25, 0.3) is 0 Å². The van der Waals surface area contributed by atoms with E-state index in [1.165, 1.54) is 16.3 Å². The van der Waals surface area contributed by atoms with Crippen molar-refractivity contribution in [1.82, 2.24) is 0 Å². The molecule has 90 valence electrons. The quantitative estimate of drug-likeness (QED) is 0.351. The van der Waals surface area contributed by atoms with E-state index in [-0.39, 0.29) is 5.97 Å². The molecule has 0 aromatic heterocycles.